The Morgan fingerprint density at radius 1 is 1.12 bits per heavy atom. The standard InChI is InChI=1S/C19H21N3O2/c1-3-13-20-18(23)16-11-8-12-17(21-16)19(24)22(4-2)14-15-9-6-5-7-10-15/h3,5-12H,1,4,13-14H2,2H3,(H,20,23). The lowest BCUT2D eigenvalue weighted by Crippen LogP contribution is -2.32. The molecule has 24 heavy (non-hydrogen) atoms. The molecule has 0 bridgehead atoms. The van der Waals surface area contributed by atoms with Crippen molar-refractivity contribution in [2.45, 2.75) is 13.5 Å². The van der Waals surface area contributed by atoms with Crippen LogP contribution in [-0.2, 0) is 6.54 Å². The Morgan fingerprint density at radius 2 is 1.83 bits per heavy atom. The van der Waals surface area contributed by atoms with Crippen LogP contribution in [0.4, 0.5) is 0 Å². The first-order chi connectivity index (χ1) is 11.7. The Hall–Kier alpha value is -2.95. The molecule has 1 N–H and O–H groups in total. The number of pyridine rings is 1. The number of hydrogen-bond acceptors (Lipinski definition) is 3. The smallest absolute Gasteiger partial charge is 0.272 e. The molecule has 0 fully saturated rings. The van der Waals surface area contributed by atoms with E-state index in [1.165, 1.54) is 0 Å². The summed E-state index contributed by atoms with van der Waals surface area (Å²) in [5.74, 6) is -0.518. The van der Waals surface area contributed by atoms with Crippen molar-refractivity contribution >= 4 is 11.8 Å². The van der Waals surface area contributed by atoms with Gasteiger partial charge < -0.3 is 10.2 Å². The molecule has 0 saturated heterocycles. The maximum Gasteiger partial charge on any atom is 0.272 e. The van der Waals surface area contributed by atoms with E-state index >= 15 is 0 Å². The quantitative estimate of drug-likeness (QED) is 0.797. The van der Waals surface area contributed by atoms with Gasteiger partial charge in [-0.2, -0.15) is 0 Å². The predicted molar refractivity (Wildman–Crippen MR) is 93.6 cm³/mol. The summed E-state index contributed by atoms with van der Waals surface area (Å²) in [4.78, 5) is 30.5. The van der Waals surface area contributed by atoms with Crippen LogP contribution in [0.1, 0.15) is 33.5 Å². The molecule has 0 aliphatic heterocycles. The first-order valence-electron chi connectivity index (χ1n) is 7.85. The van der Waals surface area contributed by atoms with Crippen molar-refractivity contribution in [2.24, 2.45) is 0 Å². The molecule has 0 aliphatic rings. The van der Waals surface area contributed by atoms with Crippen molar-refractivity contribution in [1.29, 1.82) is 0 Å². The summed E-state index contributed by atoms with van der Waals surface area (Å²) in [5.41, 5.74) is 1.53. The molecule has 5 nitrogen and oxygen atoms in total. The van der Waals surface area contributed by atoms with Crippen LogP contribution in [0.25, 0.3) is 0 Å². The summed E-state index contributed by atoms with van der Waals surface area (Å²) in [6.45, 7) is 6.89. The number of benzene rings is 1. The largest absolute Gasteiger partial charge is 0.347 e. The van der Waals surface area contributed by atoms with Gasteiger partial charge in [-0.05, 0) is 24.6 Å². The number of carbonyl (C=O) groups is 2. The van der Waals surface area contributed by atoms with Gasteiger partial charge in [-0.25, -0.2) is 4.98 Å². The van der Waals surface area contributed by atoms with Crippen molar-refractivity contribution in [3.05, 3.63) is 78.1 Å². The Bertz CT molecular complexity index is 714. The molecular weight excluding hydrogens is 302 g/mol. The van der Waals surface area contributed by atoms with Gasteiger partial charge in [0.2, 0.25) is 0 Å². The molecule has 1 aromatic heterocycles. The van der Waals surface area contributed by atoms with Crippen LogP contribution in [0, 0.1) is 0 Å². The highest BCUT2D eigenvalue weighted by molar-refractivity contribution is 5.96. The third-order valence-electron chi connectivity index (χ3n) is 3.49. The van der Waals surface area contributed by atoms with Crippen LogP contribution < -0.4 is 5.32 Å². The van der Waals surface area contributed by atoms with Gasteiger partial charge in [-0.3, -0.25) is 9.59 Å². The lowest BCUT2D eigenvalue weighted by molar-refractivity contribution is 0.0746. The molecule has 0 saturated carbocycles. The number of rotatable bonds is 7. The third-order valence-corrected chi connectivity index (χ3v) is 3.49. The monoisotopic (exact) mass is 323 g/mol. The van der Waals surface area contributed by atoms with Crippen LogP contribution in [0.3, 0.4) is 0 Å². The van der Waals surface area contributed by atoms with Crippen molar-refractivity contribution in [2.75, 3.05) is 13.1 Å². The molecule has 0 aliphatic carbocycles. The van der Waals surface area contributed by atoms with Crippen LogP contribution >= 0.6 is 0 Å². The second kappa shape index (κ2) is 8.62. The summed E-state index contributed by atoms with van der Waals surface area (Å²) >= 11 is 0. The first kappa shape index (κ1) is 17.4. The van der Waals surface area contributed by atoms with E-state index in [0.717, 1.165) is 5.56 Å². The molecule has 2 amide bonds. The summed E-state index contributed by atoms with van der Waals surface area (Å²) in [6.07, 6.45) is 1.59. The van der Waals surface area contributed by atoms with Crippen molar-refractivity contribution < 1.29 is 9.59 Å². The Kier molecular flexibility index (Phi) is 6.25. The minimum absolute atomic E-state index is 0.195. The molecule has 0 unspecified atom stereocenters. The average molecular weight is 323 g/mol. The zero-order chi connectivity index (χ0) is 17.4. The van der Waals surface area contributed by atoms with Gasteiger partial charge in [0.1, 0.15) is 11.4 Å². The van der Waals surface area contributed by atoms with Gasteiger partial charge in [-0.15, -0.1) is 6.58 Å². The molecule has 0 spiro atoms. The molecule has 2 rings (SSSR count). The topological polar surface area (TPSA) is 62.3 Å². The molecule has 2 aromatic rings. The third kappa shape index (κ3) is 4.52. The van der Waals surface area contributed by atoms with Crippen molar-refractivity contribution in [1.82, 2.24) is 15.2 Å². The SMILES string of the molecule is C=CCNC(=O)c1cccc(C(=O)N(CC)Cc2ccccc2)n1. The van der Waals surface area contributed by atoms with Crippen LogP contribution in [0.2, 0.25) is 0 Å². The van der Waals surface area contributed by atoms with Gasteiger partial charge in [0.05, 0.1) is 0 Å². The average Bonchev–Trinajstić information content (AvgIpc) is 2.64. The molecule has 124 valence electrons. The Labute approximate surface area is 142 Å². The highest BCUT2D eigenvalue weighted by atomic mass is 16.2. The van der Waals surface area contributed by atoms with Crippen LogP contribution in [-0.4, -0.2) is 34.8 Å². The highest BCUT2D eigenvalue weighted by Gasteiger charge is 2.17. The van der Waals surface area contributed by atoms with E-state index in [9.17, 15) is 9.59 Å². The second-order valence-corrected chi connectivity index (χ2v) is 5.21. The van der Waals surface area contributed by atoms with E-state index in [1.807, 2.05) is 37.3 Å². The fourth-order valence-corrected chi connectivity index (χ4v) is 2.23. The van der Waals surface area contributed by atoms with E-state index in [1.54, 1.807) is 29.2 Å². The molecule has 0 radical (unpaired) electrons. The van der Waals surface area contributed by atoms with Gasteiger partial charge in [0.15, 0.2) is 0 Å². The van der Waals surface area contributed by atoms with Gasteiger partial charge in [0.25, 0.3) is 11.8 Å². The molecule has 1 heterocycles. The van der Waals surface area contributed by atoms with E-state index in [-0.39, 0.29) is 23.2 Å². The summed E-state index contributed by atoms with van der Waals surface area (Å²) < 4.78 is 0. The normalized spacial score (nSPS) is 10.0. The van der Waals surface area contributed by atoms with E-state index in [2.05, 4.69) is 16.9 Å². The lowest BCUT2D eigenvalue weighted by Gasteiger charge is -2.20. The fourth-order valence-electron chi connectivity index (χ4n) is 2.23. The first-order valence-corrected chi connectivity index (χ1v) is 7.85. The maximum atomic E-state index is 12.7. The van der Waals surface area contributed by atoms with Gasteiger partial charge >= 0.3 is 0 Å². The molecule has 0 atom stereocenters. The van der Waals surface area contributed by atoms with E-state index < -0.39 is 0 Å². The second-order valence-electron chi connectivity index (χ2n) is 5.21. The number of amides is 2. The van der Waals surface area contributed by atoms with Crippen LogP contribution in [0.15, 0.2) is 61.2 Å². The maximum absolute atomic E-state index is 12.7. The highest BCUT2D eigenvalue weighted by Crippen LogP contribution is 2.09. The Morgan fingerprint density at radius 3 is 2.50 bits per heavy atom. The molecule has 5 heteroatoms. The molecule has 1 aromatic carbocycles. The van der Waals surface area contributed by atoms with Crippen LogP contribution in [0.5, 0.6) is 0 Å². The summed E-state index contributed by atoms with van der Waals surface area (Å²) in [7, 11) is 0. The lowest BCUT2D eigenvalue weighted by atomic mass is 10.2. The number of aromatic nitrogens is 1. The minimum Gasteiger partial charge on any atom is -0.347 e. The van der Waals surface area contributed by atoms with Gasteiger partial charge in [0, 0.05) is 19.6 Å². The number of nitrogens with zero attached hydrogens (tertiary/aromatic N) is 2. The van der Waals surface area contributed by atoms with E-state index in [0.29, 0.717) is 19.6 Å². The summed E-state index contributed by atoms with van der Waals surface area (Å²) in [5, 5.41) is 2.65. The molecular formula is C19H21N3O2. The van der Waals surface area contributed by atoms with Crippen molar-refractivity contribution in [3.8, 4) is 0 Å². The van der Waals surface area contributed by atoms with Crippen molar-refractivity contribution in [3.63, 3.8) is 0 Å². The predicted octanol–water partition coefficient (Wildman–Crippen LogP) is 2.66. The van der Waals surface area contributed by atoms with Gasteiger partial charge in [-0.1, -0.05) is 42.5 Å². The zero-order valence-electron chi connectivity index (χ0n) is 13.7. The number of hydrogen-bond donors (Lipinski definition) is 1. The fraction of sp³-hybridized carbons (Fsp3) is 0.211. The summed E-state index contributed by atoms with van der Waals surface area (Å²) in [6, 6.07) is 14.6. The van der Waals surface area contributed by atoms with E-state index in [4.69, 9.17) is 0 Å². The number of nitrogens with one attached hydrogen (secondary N) is 1. The zero-order valence-corrected chi connectivity index (χ0v) is 13.7. The number of carbonyl (C=O) groups excluding carboxylic acids is 2. The minimum atomic E-state index is -0.323. The Balaban J connectivity index is 2.15.